The number of rotatable bonds is 3. The van der Waals surface area contributed by atoms with Crippen molar-refractivity contribution in [1.82, 2.24) is 0 Å². The Morgan fingerprint density at radius 1 is 0.885 bits per heavy atom. The van der Waals surface area contributed by atoms with Crippen LogP contribution in [0.2, 0.25) is 10.0 Å². The van der Waals surface area contributed by atoms with E-state index >= 15 is 0 Å². The summed E-state index contributed by atoms with van der Waals surface area (Å²) < 4.78 is 5.96. The molecule has 0 saturated heterocycles. The van der Waals surface area contributed by atoms with E-state index in [1.54, 1.807) is 48.5 Å². The Morgan fingerprint density at radius 2 is 1.54 bits per heavy atom. The molecule has 4 aromatic rings. The number of furan rings is 1. The van der Waals surface area contributed by atoms with E-state index in [4.69, 9.17) is 27.6 Å². The topological polar surface area (TPSA) is 50.4 Å². The first-order chi connectivity index (χ1) is 12.5. The van der Waals surface area contributed by atoms with Crippen LogP contribution in [-0.4, -0.2) is 10.9 Å². The Balaban J connectivity index is 1.96. The smallest absolute Gasteiger partial charge is 0.197 e. The lowest BCUT2D eigenvalue weighted by Gasteiger charge is -2.05. The lowest BCUT2D eigenvalue weighted by atomic mass is 9.97. The molecule has 0 bridgehead atoms. The number of hydrogen-bond acceptors (Lipinski definition) is 3. The fraction of sp³-hybridized carbons (Fsp3) is 0. The highest BCUT2D eigenvalue weighted by Gasteiger charge is 2.23. The van der Waals surface area contributed by atoms with Crippen molar-refractivity contribution in [3.63, 3.8) is 0 Å². The molecular formula is C21H12Cl2O3. The molecule has 0 aliphatic heterocycles. The first kappa shape index (κ1) is 16.7. The van der Waals surface area contributed by atoms with Crippen LogP contribution in [0.15, 0.2) is 71.1 Å². The predicted octanol–water partition coefficient (Wildman–Crippen LogP) is 6.34. The van der Waals surface area contributed by atoms with Gasteiger partial charge in [-0.25, -0.2) is 0 Å². The molecule has 0 radical (unpaired) electrons. The average Bonchev–Trinajstić information content (AvgIpc) is 3.00. The molecule has 26 heavy (non-hydrogen) atoms. The molecule has 0 saturated carbocycles. The molecule has 0 amide bonds. The van der Waals surface area contributed by atoms with E-state index < -0.39 is 0 Å². The molecule has 1 aromatic heterocycles. The second kappa shape index (κ2) is 6.52. The molecule has 3 nitrogen and oxygen atoms in total. The first-order valence-corrected chi connectivity index (χ1v) is 8.60. The van der Waals surface area contributed by atoms with Gasteiger partial charge in [0, 0.05) is 26.6 Å². The molecule has 0 aliphatic rings. The standard InChI is InChI=1S/C21H12Cl2O3/c22-14-9-13(10-15(23)11-14)20(25)19-17-3-1-2-4-18(17)26-21(19)12-5-7-16(24)8-6-12/h1-11,24H. The van der Waals surface area contributed by atoms with E-state index in [-0.39, 0.29) is 11.5 Å². The van der Waals surface area contributed by atoms with Gasteiger partial charge in [-0.15, -0.1) is 0 Å². The summed E-state index contributed by atoms with van der Waals surface area (Å²) in [6.45, 7) is 0. The van der Waals surface area contributed by atoms with Crippen molar-refractivity contribution in [3.8, 4) is 17.1 Å². The first-order valence-electron chi connectivity index (χ1n) is 7.84. The van der Waals surface area contributed by atoms with Crippen LogP contribution in [0, 0.1) is 0 Å². The van der Waals surface area contributed by atoms with Gasteiger partial charge in [-0.1, -0.05) is 41.4 Å². The molecule has 1 heterocycles. The molecule has 5 heteroatoms. The van der Waals surface area contributed by atoms with Gasteiger partial charge in [0.25, 0.3) is 0 Å². The molecule has 128 valence electrons. The lowest BCUT2D eigenvalue weighted by molar-refractivity contribution is 0.104. The fourth-order valence-electron chi connectivity index (χ4n) is 2.92. The van der Waals surface area contributed by atoms with E-state index in [2.05, 4.69) is 0 Å². The van der Waals surface area contributed by atoms with E-state index in [1.807, 2.05) is 18.2 Å². The van der Waals surface area contributed by atoms with Crippen molar-refractivity contribution in [2.24, 2.45) is 0 Å². The zero-order valence-corrected chi connectivity index (χ0v) is 14.9. The highest BCUT2D eigenvalue weighted by Crippen LogP contribution is 2.36. The SMILES string of the molecule is O=C(c1cc(Cl)cc(Cl)c1)c1c(-c2ccc(O)cc2)oc2ccccc12. The molecule has 3 aromatic carbocycles. The molecule has 0 atom stereocenters. The quantitative estimate of drug-likeness (QED) is 0.420. The van der Waals surface area contributed by atoms with E-state index in [0.29, 0.717) is 43.5 Å². The van der Waals surface area contributed by atoms with Crippen LogP contribution in [-0.2, 0) is 0 Å². The van der Waals surface area contributed by atoms with Crippen LogP contribution in [0.3, 0.4) is 0 Å². The van der Waals surface area contributed by atoms with Crippen molar-refractivity contribution in [3.05, 3.63) is 87.9 Å². The van der Waals surface area contributed by atoms with Crippen LogP contribution in [0.1, 0.15) is 15.9 Å². The van der Waals surface area contributed by atoms with Crippen LogP contribution >= 0.6 is 23.2 Å². The third-order valence-electron chi connectivity index (χ3n) is 4.08. The van der Waals surface area contributed by atoms with Gasteiger partial charge < -0.3 is 9.52 Å². The van der Waals surface area contributed by atoms with Gasteiger partial charge >= 0.3 is 0 Å². The fourth-order valence-corrected chi connectivity index (χ4v) is 3.44. The lowest BCUT2D eigenvalue weighted by Crippen LogP contribution is -2.02. The summed E-state index contributed by atoms with van der Waals surface area (Å²) in [5, 5.41) is 11.0. The second-order valence-corrected chi connectivity index (χ2v) is 6.71. The predicted molar refractivity (Wildman–Crippen MR) is 103 cm³/mol. The summed E-state index contributed by atoms with van der Waals surface area (Å²) in [6.07, 6.45) is 0. The average molecular weight is 383 g/mol. The van der Waals surface area contributed by atoms with Crippen LogP contribution < -0.4 is 0 Å². The van der Waals surface area contributed by atoms with Gasteiger partial charge in [0.2, 0.25) is 0 Å². The van der Waals surface area contributed by atoms with E-state index in [9.17, 15) is 9.90 Å². The number of phenols is 1. The maximum absolute atomic E-state index is 13.3. The van der Waals surface area contributed by atoms with Gasteiger partial charge in [0.05, 0.1) is 5.56 Å². The molecule has 0 aliphatic carbocycles. The number of phenolic OH excluding ortho intramolecular Hbond substituents is 1. The van der Waals surface area contributed by atoms with E-state index in [1.165, 1.54) is 0 Å². The number of ketones is 1. The Kier molecular flexibility index (Phi) is 4.19. The zero-order chi connectivity index (χ0) is 18.3. The molecular weight excluding hydrogens is 371 g/mol. The Bertz CT molecular complexity index is 1110. The minimum absolute atomic E-state index is 0.138. The van der Waals surface area contributed by atoms with Gasteiger partial charge in [-0.2, -0.15) is 0 Å². The molecule has 1 N–H and O–H groups in total. The van der Waals surface area contributed by atoms with Crippen LogP contribution in [0.5, 0.6) is 5.75 Å². The minimum atomic E-state index is -0.234. The van der Waals surface area contributed by atoms with E-state index in [0.717, 1.165) is 0 Å². The van der Waals surface area contributed by atoms with Crippen molar-refractivity contribution < 1.29 is 14.3 Å². The van der Waals surface area contributed by atoms with Crippen molar-refractivity contribution in [2.75, 3.05) is 0 Å². The van der Waals surface area contributed by atoms with Gasteiger partial charge in [0.15, 0.2) is 5.78 Å². The third-order valence-corrected chi connectivity index (χ3v) is 4.51. The summed E-state index contributed by atoms with van der Waals surface area (Å²) in [6, 6.07) is 18.6. The number of carbonyl (C=O) groups excluding carboxylic acids is 1. The summed E-state index contributed by atoms with van der Waals surface area (Å²) in [5.41, 5.74) is 2.11. The normalized spacial score (nSPS) is 11.0. The molecule has 0 unspecified atom stereocenters. The number of hydrogen-bond donors (Lipinski definition) is 1. The Labute approximate surface area is 159 Å². The maximum atomic E-state index is 13.3. The minimum Gasteiger partial charge on any atom is -0.508 e. The highest BCUT2D eigenvalue weighted by molar-refractivity contribution is 6.35. The second-order valence-electron chi connectivity index (χ2n) is 5.84. The maximum Gasteiger partial charge on any atom is 0.197 e. The highest BCUT2D eigenvalue weighted by atomic mass is 35.5. The van der Waals surface area contributed by atoms with Gasteiger partial charge in [-0.05, 0) is 48.5 Å². The van der Waals surface area contributed by atoms with Crippen LogP contribution in [0.4, 0.5) is 0 Å². The van der Waals surface area contributed by atoms with Crippen molar-refractivity contribution in [2.45, 2.75) is 0 Å². The van der Waals surface area contributed by atoms with Crippen LogP contribution in [0.25, 0.3) is 22.3 Å². The van der Waals surface area contributed by atoms with Gasteiger partial charge in [0.1, 0.15) is 17.1 Å². The summed E-state index contributed by atoms with van der Waals surface area (Å²) in [5.74, 6) is 0.342. The van der Waals surface area contributed by atoms with Crippen molar-refractivity contribution in [1.29, 1.82) is 0 Å². The molecule has 0 spiro atoms. The molecule has 0 fully saturated rings. The largest absolute Gasteiger partial charge is 0.508 e. The zero-order valence-electron chi connectivity index (χ0n) is 13.4. The number of fused-ring (bicyclic) bond motifs is 1. The third kappa shape index (κ3) is 2.96. The number of aromatic hydroxyl groups is 1. The summed E-state index contributed by atoms with van der Waals surface area (Å²) >= 11 is 12.1. The monoisotopic (exact) mass is 382 g/mol. The number of carbonyl (C=O) groups is 1. The molecule has 4 rings (SSSR count). The number of benzene rings is 3. The van der Waals surface area contributed by atoms with Gasteiger partial charge in [-0.3, -0.25) is 4.79 Å². The summed E-state index contributed by atoms with van der Waals surface area (Å²) in [7, 11) is 0. The Hall–Kier alpha value is -2.75. The number of para-hydroxylation sites is 1. The summed E-state index contributed by atoms with van der Waals surface area (Å²) in [4.78, 5) is 13.3. The Morgan fingerprint density at radius 3 is 2.23 bits per heavy atom. The van der Waals surface area contributed by atoms with Crippen molar-refractivity contribution >= 4 is 40.0 Å². The number of halogens is 2.